The first kappa shape index (κ1) is 62.8. The summed E-state index contributed by atoms with van der Waals surface area (Å²) >= 11 is 0. The predicted octanol–water partition coefficient (Wildman–Crippen LogP) is 16.3. The summed E-state index contributed by atoms with van der Waals surface area (Å²) in [4.78, 5) is 31.1. The van der Waals surface area contributed by atoms with Gasteiger partial charge in [0, 0.05) is 45.1 Å². The highest BCUT2D eigenvalue weighted by Crippen LogP contribution is 2.24. The summed E-state index contributed by atoms with van der Waals surface area (Å²) in [5, 5.41) is 13.3. The molecule has 1 amide bonds. The molecule has 7 nitrogen and oxygen atoms in total. The standard InChI is InChI=1S/C59H117N3O4/c1-5-9-13-17-21-29-39-55(40-30-22-18-14-10-6-2)53-60-58(64)45-35-27-37-47-61(51-52-63)49-50-62(57-43-33-25-26-34-44-57)48-38-28-36-46-59(65)66-54-56(41-31-23-19-15-11-7-3)42-32-24-20-16-12-8-4/h55-57,63H,5-54H2,1-4H3,(H,60,64). The van der Waals surface area contributed by atoms with E-state index in [1.807, 2.05) is 0 Å². The van der Waals surface area contributed by atoms with E-state index in [1.165, 1.54) is 218 Å². The van der Waals surface area contributed by atoms with Crippen LogP contribution in [0.2, 0.25) is 0 Å². The minimum atomic E-state index is 0.0121. The fraction of sp³-hybridized carbons (Fsp3) is 0.966. The zero-order valence-corrected chi connectivity index (χ0v) is 45.2. The summed E-state index contributed by atoms with van der Waals surface area (Å²) in [6, 6.07) is 0.651. The minimum absolute atomic E-state index is 0.0121. The molecule has 7 heteroatoms. The number of unbranched alkanes of at least 4 members (excludes halogenated alkanes) is 24. The molecule has 2 N–H and O–H groups in total. The van der Waals surface area contributed by atoms with Crippen molar-refractivity contribution >= 4 is 11.9 Å². The van der Waals surface area contributed by atoms with Crippen molar-refractivity contribution < 1.29 is 19.4 Å². The Balaban J connectivity index is 2.50. The lowest BCUT2D eigenvalue weighted by atomic mass is 9.94. The number of rotatable bonds is 50. The molecule has 0 saturated heterocycles. The summed E-state index contributed by atoms with van der Waals surface area (Å²) in [5.74, 6) is 1.40. The number of hydrogen-bond acceptors (Lipinski definition) is 6. The average Bonchev–Trinajstić information content (AvgIpc) is 3.61. The summed E-state index contributed by atoms with van der Waals surface area (Å²) in [6.45, 7) is 15.6. The molecule has 1 aliphatic carbocycles. The Bertz CT molecular complexity index is 987. The molecule has 0 radical (unpaired) electrons. The van der Waals surface area contributed by atoms with Crippen LogP contribution >= 0.6 is 0 Å². The van der Waals surface area contributed by atoms with Crippen LogP contribution in [0.25, 0.3) is 0 Å². The van der Waals surface area contributed by atoms with Crippen LogP contribution in [0.1, 0.15) is 297 Å². The maximum atomic E-state index is 13.0. The molecule has 1 rings (SSSR count). The normalized spacial score (nSPS) is 13.7. The molecule has 1 fully saturated rings. The number of carbonyl (C=O) groups excluding carboxylic acids is 2. The molecule has 0 aromatic rings. The van der Waals surface area contributed by atoms with Crippen LogP contribution in [0.3, 0.4) is 0 Å². The van der Waals surface area contributed by atoms with Gasteiger partial charge in [-0.3, -0.25) is 19.4 Å². The molecule has 66 heavy (non-hydrogen) atoms. The lowest BCUT2D eigenvalue weighted by molar-refractivity contribution is -0.145. The first-order valence-corrected chi connectivity index (χ1v) is 30.0. The van der Waals surface area contributed by atoms with Crippen LogP contribution in [0.5, 0.6) is 0 Å². The van der Waals surface area contributed by atoms with Gasteiger partial charge in [0.25, 0.3) is 0 Å². The van der Waals surface area contributed by atoms with Crippen molar-refractivity contribution in [3.63, 3.8) is 0 Å². The number of hydrogen-bond donors (Lipinski definition) is 2. The van der Waals surface area contributed by atoms with Crippen molar-refractivity contribution in [1.29, 1.82) is 0 Å². The number of ether oxygens (including phenoxy) is 1. The number of esters is 1. The van der Waals surface area contributed by atoms with Crippen LogP contribution in [0.4, 0.5) is 0 Å². The first-order chi connectivity index (χ1) is 32.5. The Morgan fingerprint density at radius 2 is 0.924 bits per heavy atom. The second-order valence-electron chi connectivity index (χ2n) is 21.3. The molecule has 0 aromatic carbocycles. The van der Waals surface area contributed by atoms with E-state index in [4.69, 9.17) is 4.74 Å². The Kier molecular flexibility index (Phi) is 46.5. The number of nitrogens with one attached hydrogen (secondary N) is 1. The quantitative estimate of drug-likeness (QED) is 0.0359. The van der Waals surface area contributed by atoms with Crippen LogP contribution < -0.4 is 5.32 Å². The zero-order valence-electron chi connectivity index (χ0n) is 45.2. The van der Waals surface area contributed by atoms with Crippen molar-refractivity contribution in [3.05, 3.63) is 0 Å². The molecule has 0 aliphatic heterocycles. The largest absolute Gasteiger partial charge is 0.465 e. The van der Waals surface area contributed by atoms with Crippen LogP contribution in [-0.4, -0.2) is 85.3 Å². The SMILES string of the molecule is CCCCCCCCC(CCCCCCCC)CNC(=O)CCCCCN(CCO)CCN(CCCCCC(=O)OCC(CCCCCCCC)CCCCCCCC)C1CCCCCC1. The highest BCUT2D eigenvalue weighted by Gasteiger charge is 2.21. The Hall–Kier alpha value is -1.18. The predicted molar refractivity (Wildman–Crippen MR) is 286 cm³/mol. The molecular formula is C59H117N3O4. The molecule has 0 unspecified atom stereocenters. The van der Waals surface area contributed by atoms with Gasteiger partial charge in [-0.2, -0.15) is 0 Å². The number of aliphatic hydroxyl groups excluding tert-OH is 1. The first-order valence-electron chi connectivity index (χ1n) is 30.0. The summed E-state index contributed by atoms with van der Waals surface area (Å²) < 4.78 is 5.95. The van der Waals surface area contributed by atoms with Crippen molar-refractivity contribution in [2.45, 2.75) is 303 Å². The van der Waals surface area contributed by atoms with E-state index in [9.17, 15) is 14.7 Å². The second kappa shape index (κ2) is 48.8. The van der Waals surface area contributed by atoms with Gasteiger partial charge in [0.2, 0.25) is 5.91 Å². The molecule has 0 bridgehead atoms. The molecule has 1 saturated carbocycles. The summed E-state index contributed by atoms with van der Waals surface area (Å²) in [7, 11) is 0. The van der Waals surface area contributed by atoms with Gasteiger partial charge in [0.15, 0.2) is 0 Å². The fourth-order valence-corrected chi connectivity index (χ4v) is 10.5. The number of amides is 1. The van der Waals surface area contributed by atoms with E-state index >= 15 is 0 Å². The lowest BCUT2D eigenvalue weighted by Crippen LogP contribution is -2.42. The van der Waals surface area contributed by atoms with E-state index in [-0.39, 0.29) is 18.5 Å². The fourth-order valence-electron chi connectivity index (χ4n) is 10.5. The van der Waals surface area contributed by atoms with E-state index < -0.39 is 0 Å². The second-order valence-corrected chi connectivity index (χ2v) is 21.3. The van der Waals surface area contributed by atoms with Gasteiger partial charge in [-0.25, -0.2) is 0 Å². The van der Waals surface area contributed by atoms with Gasteiger partial charge in [0.05, 0.1) is 13.2 Å². The average molecular weight is 933 g/mol. The smallest absolute Gasteiger partial charge is 0.305 e. The van der Waals surface area contributed by atoms with Crippen LogP contribution in [-0.2, 0) is 14.3 Å². The van der Waals surface area contributed by atoms with Crippen LogP contribution in [0, 0.1) is 11.8 Å². The van der Waals surface area contributed by atoms with E-state index in [2.05, 4.69) is 42.8 Å². The molecular weight excluding hydrogens is 815 g/mol. The van der Waals surface area contributed by atoms with Gasteiger partial charge in [-0.05, 0) is 89.1 Å². The van der Waals surface area contributed by atoms with Gasteiger partial charge in [0.1, 0.15) is 0 Å². The van der Waals surface area contributed by atoms with Crippen LogP contribution in [0.15, 0.2) is 0 Å². The maximum Gasteiger partial charge on any atom is 0.305 e. The van der Waals surface area contributed by atoms with Gasteiger partial charge in [-0.1, -0.05) is 220 Å². The van der Waals surface area contributed by atoms with Crippen molar-refractivity contribution in [2.75, 3.05) is 52.5 Å². The van der Waals surface area contributed by atoms with Crippen molar-refractivity contribution in [2.24, 2.45) is 11.8 Å². The Labute approximate surface area is 412 Å². The van der Waals surface area contributed by atoms with Gasteiger partial charge >= 0.3 is 5.97 Å². The molecule has 0 atom stereocenters. The number of aliphatic hydroxyl groups is 1. The third-order valence-electron chi connectivity index (χ3n) is 15.1. The molecule has 1 aliphatic rings. The monoisotopic (exact) mass is 932 g/mol. The van der Waals surface area contributed by atoms with Gasteiger partial charge in [-0.15, -0.1) is 0 Å². The third-order valence-corrected chi connectivity index (χ3v) is 15.1. The topological polar surface area (TPSA) is 82.1 Å². The van der Waals surface area contributed by atoms with Crippen molar-refractivity contribution in [1.82, 2.24) is 15.1 Å². The third kappa shape index (κ3) is 39.6. The molecule has 392 valence electrons. The molecule has 0 spiro atoms. The minimum Gasteiger partial charge on any atom is -0.465 e. The highest BCUT2D eigenvalue weighted by molar-refractivity contribution is 5.75. The number of carbonyl (C=O) groups is 2. The Morgan fingerprint density at radius 3 is 1.42 bits per heavy atom. The molecule has 0 heterocycles. The molecule has 0 aromatic heterocycles. The lowest BCUT2D eigenvalue weighted by Gasteiger charge is -2.33. The van der Waals surface area contributed by atoms with E-state index in [0.717, 1.165) is 77.8 Å². The maximum absolute atomic E-state index is 13.0. The van der Waals surface area contributed by atoms with Gasteiger partial charge < -0.3 is 15.2 Å². The Morgan fingerprint density at radius 1 is 0.485 bits per heavy atom. The number of nitrogens with zero attached hydrogens (tertiary/aromatic N) is 2. The summed E-state index contributed by atoms with van der Waals surface area (Å²) in [6.07, 6.45) is 52.2. The van der Waals surface area contributed by atoms with E-state index in [1.54, 1.807) is 0 Å². The van der Waals surface area contributed by atoms with E-state index in [0.29, 0.717) is 37.3 Å². The highest BCUT2D eigenvalue weighted by atomic mass is 16.5. The summed E-state index contributed by atoms with van der Waals surface area (Å²) in [5.41, 5.74) is 0. The zero-order chi connectivity index (χ0) is 47.8. The van der Waals surface area contributed by atoms with Crippen molar-refractivity contribution in [3.8, 4) is 0 Å².